The van der Waals surface area contributed by atoms with Gasteiger partial charge in [0.05, 0.1) is 26.9 Å². The summed E-state index contributed by atoms with van der Waals surface area (Å²) >= 11 is 0. The van der Waals surface area contributed by atoms with E-state index in [0.717, 1.165) is 49.3 Å². The highest BCUT2D eigenvalue weighted by Gasteiger charge is 2.34. The Labute approximate surface area is 153 Å². The molecule has 5 nitrogen and oxygen atoms in total. The van der Waals surface area contributed by atoms with E-state index in [-0.39, 0.29) is 0 Å². The van der Waals surface area contributed by atoms with Crippen molar-refractivity contribution in [1.29, 1.82) is 0 Å². The number of carbonyl (C=O) groups is 1. The van der Waals surface area contributed by atoms with Gasteiger partial charge in [0, 0.05) is 24.7 Å². The zero-order valence-corrected chi connectivity index (χ0v) is 15.4. The van der Waals surface area contributed by atoms with Gasteiger partial charge in [0.1, 0.15) is 5.75 Å². The molecule has 1 unspecified atom stereocenters. The van der Waals surface area contributed by atoms with Gasteiger partial charge in [-0.05, 0) is 47.7 Å². The maximum atomic E-state index is 11.3. The fourth-order valence-electron chi connectivity index (χ4n) is 4.30. The SMILES string of the molecule is COc1cc2c(cc1OC)C1Cc3ccc(C=O)c(OC)c3CN1CC2. The van der Waals surface area contributed by atoms with Crippen LogP contribution in [-0.4, -0.2) is 39.1 Å². The molecule has 0 aromatic heterocycles. The number of nitrogens with zero attached hydrogens (tertiary/aromatic N) is 1. The van der Waals surface area contributed by atoms with Crippen LogP contribution in [-0.2, 0) is 19.4 Å². The molecule has 136 valence electrons. The van der Waals surface area contributed by atoms with Crippen molar-refractivity contribution < 1.29 is 19.0 Å². The predicted octanol–water partition coefficient (Wildman–Crippen LogP) is 3.18. The number of methoxy groups -OCH3 is 3. The zero-order valence-electron chi connectivity index (χ0n) is 15.4. The molecule has 2 heterocycles. The lowest BCUT2D eigenvalue weighted by Crippen LogP contribution is -2.39. The molecule has 26 heavy (non-hydrogen) atoms. The molecule has 1 atom stereocenters. The van der Waals surface area contributed by atoms with Crippen LogP contribution in [0.3, 0.4) is 0 Å². The first-order chi connectivity index (χ1) is 12.7. The topological polar surface area (TPSA) is 48.0 Å². The second-order valence-electron chi connectivity index (χ2n) is 6.79. The lowest BCUT2D eigenvalue weighted by atomic mass is 9.83. The Bertz CT molecular complexity index is 862. The number of ether oxygens (including phenoxy) is 3. The summed E-state index contributed by atoms with van der Waals surface area (Å²) in [6, 6.07) is 8.45. The molecule has 0 N–H and O–H groups in total. The summed E-state index contributed by atoms with van der Waals surface area (Å²) in [5, 5.41) is 0. The molecule has 0 aliphatic carbocycles. The summed E-state index contributed by atoms with van der Waals surface area (Å²) in [7, 11) is 4.98. The first kappa shape index (κ1) is 16.9. The molecule has 2 aromatic rings. The highest BCUT2D eigenvalue weighted by molar-refractivity contribution is 5.80. The highest BCUT2D eigenvalue weighted by atomic mass is 16.5. The Balaban J connectivity index is 1.78. The van der Waals surface area contributed by atoms with Gasteiger partial charge in [-0.25, -0.2) is 0 Å². The zero-order chi connectivity index (χ0) is 18.3. The van der Waals surface area contributed by atoms with Crippen LogP contribution < -0.4 is 14.2 Å². The molecule has 2 aliphatic rings. The largest absolute Gasteiger partial charge is 0.496 e. The summed E-state index contributed by atoms with van der Waals surface area (Å²) in [4.78, 5) is 13.8. The van der Waals surface area contributed by atoms with E-state index in [4.69, 9.17) is 14.2 Å². The summed E-state index contributed by atoms with van der Waals surface area (Å²) < 4.78 is 16.5. The van der Waals surface area contributed by atoms with E-state index >= 15 is 0 Å². The minimum atomic E-state index is 0.304. The minimum Gasteiger partial charge on any atom is -0.496 e. The van der Waals surface area contributed by atoms with Crippen LogP contribution in [0.2, 0.25) is 0 Å². The van der Waals surface area contributed by atoms with E-state index in [1.807, 2.05) is 6.07 Å². The van der Waals surface area contributed by atoms with E-state index in [1.54, 1.807) is 21.3 Å². The van der Waals surface area contributed by atoms with Crippen molar-refractivity contribution in [3.05, 3.63) is 52.1 Å². The van der Waals surface area contributed by atoms with E-state index < -0.39 is 0 Å². The standard InChI is InChI=1S/C21H23NO4/c1-24-19-9-14-6-7-22-11-17-13(4-5-15(12-23)21(17)26-3)8-18(22)16(14)10-20(19)25-2/h4-5,9-10,12,18H,6-8,11H2,1-3H3. The lowest BCUT2D eigenvalue weighted by molar-refractivity contribution is 0.111. The third-order valence-corrected chi connectivity index (χ3v) is 5.61. The van der Waals surface area contributed by atoms with Crippen LogP contribution in [0, 0.1) is 0 Å². The number of benzene rings is 2. The molecule has 0 fully saturated rings. The smallest absolute Gasteiger partial charge is 0.161 e. The van der Waals surface area contributed by atoms with Crippen molar-refractivity contribution in [2.45, 2.75) is 25.4 Å². The van der Waals surface area contributed by atoms with Gasteiger partial charge in [-0.2, -0.15) is 0 Å². The lowest BCUT2D eigenvalue weighted by Gasteiger charge is -2.42. The molecule has 2 aromatic carbocycles. The molecule has 0 amide bonds. The Hall–Kier alpha value is -2.53. The number of aldehydes is 1. The first-order valence-electron chi connectivity index (χ1n) is 8.83. The quantitative estimate of drug-likeness (QED) is 0.790. The molecule has 0 bridgehead atoms. The number of hydrogen-bond donors (Lipinski definition) is 0. The summed E-state index contributed by atoms with van der Waals surface area (Å²) in [6.07, 6.45) is 2.73. The number of rotatable bonds is 4. The predicted molar refractivity (Wildman–Crippen MR) is 98.5 cm³/mol. The third kappa shape index (κ3) is 2.54. The average molecular weight is 353 g/mol. The summed E-state index contributed by atoms with van der Waals surface area (Å²) in [5.74, 6) is 2.27. The second kappa shape index (κ2) is 6.65. The Morgan fingerprint density at radius 3 is 2.50 bits per heavy atom. The first-order valence-corrected chi connectivity index (χ1v) is 8.83. The van der Waals surface area contributed by atoms with E-state index in [0.29, 0.717) is 17.4 Å². The van der Waals surface area contributed by atoms with Crippen molar-refractivity contribution in [3.63, 3.8) is 0 Å². The van der Waals surface area contributed by atoms with Gasteiger partial charge < -0.3 is 14.2 Å². The molecular weight excluding hydrogens is 330 g/mol. The van der Waals surface area contributed by atoms with Gasteiger partial charge in [0.25, 0.3) is 0 Å². The van der Waals surface area contributed by atoms with Crippen LogP contribution in [0.15, 0.2) is 24.3 Å². The van der Waals surface area contributed by atoms with Crippen molar-refractivity contribution >= 4 is 6.29 Å². The average Bonchev–Trinajstić information content (AvgIpc) is 2.70. The fraction of sp³-hybridized carbons (Fsp3) is 0.381. The van der Waals surface area contributed by atoms with E-state index in [1.165, 1.54) is 16.7 Å². The summed E-state index contributed by atoms with van der Waals surface area (Å²) in [6.45, 7) is 1.76. The normalized spacial score (nSPS) is 18.3. The van der Waals surface area contributed by atoms with Gasteiger partial charge in [0.15, 0.2) is 17.8 Å². The minimum absolute atomic E-state index is 0.304. The maximum absolute atomic E-state index is 11.3. The van der Waals surface area contributed by atoms with Crippen molar-refractivity contribution in [3.8, 4) is 17.2 Å². The molecule has 5 heteroatoms. The molecule has 2 aliphatic heterocycles. The van der Waals surface area contributed by atoms with Gasteiger partial charge >= 0.3 is 0 Å². The third-order valence-electron chi connectivity index (χ3n) is 5.61. The Morgan fingerprint density at radius 2 is 1.81 bits per heavy atom. The summed E-state index contributed by atoms with van der Waals surface area (Å²) in [5.41, 5.74) is 5.63. The van der Waals surface area contributed by atoms with Crippen LogP contribution in [0.5, 0.6) is 17.2 Å². The number of fused-ring (bicyclic) bond motifs is 4. The molecule has 4 rings (SSSR count). The van der Waals surface area contributed by atoms with Crippen molar-refractivity contribution in [2.24, 2.45) is 0 Å². The van der Waals surface area contributed by atoms with Gasteiger partial charge in [0.2, 0.25) is 0 Å². The maximum Gasteiger partial charge on any atom is 0.161 e. The molecule has 0 saturated carbocycles. The monoisotopic (exact) mass is 353 g/mol. The van der Waals surface area contributed by atoms with Crippen LogP contribution >= 0.6 is 0 Å². The van der Waals surface area contributed by atoms with E-state index in [2.05, 4.69) is 23.1 Å². The number of carbonyl (C=O) groups excluding carboxylic acids is 1. The second-order valence-corrected chi connectivity index (χ2v) is 6.79. The molecule has 0 spiro atoms. The Kier molecular flexibility index (Phi) is 4.32. The van der Waals surface area contributed by atoms with Gasteiger partial charge in [-0.15, -0.1) is 0 Å². The van der Waals surface area contributed by atoms with Crippen molar-refractivity contribution in [2.75, 3.05) is 27.9 Å². The van der Waals surface area contributed by atoms with Crippen LogP contribution in [0.1, 0.15) is 38.7 Å². The molecule has 0 radical (unpaired) electrons. The van der Waals surface area contributed by atoms with Crippen molar-refractivity contribution in [1.82, 2.24) is 4.90 Å². The fourth-order valence-corrected chi connectivity index (χ4v) is 4.30. The van der Waals surface area contributed by atoms with Gasteiger partial charge in [-0.1, -0.05) is 6.07 Å². The van der Waals surface area contributed by atoms with Crippen LogP contribution in [0.25, 0.3) is 0 Å². The Morgan fingerprint density at radius 1 is 1.04 bits per heavy atom. The van der Waals surface area contributed by atoms with E-state index in [9.17, 15) is 4.79 Å². The van der Waals surface area contributed by atoms with Gasteiger partial charge in [-0.3, -0.25) is 9.69 Å². The highest BCUT2D eigenvalue weighted by Crippen LogP contribution is 2.44. The van der Waals surface area contributed by atoms with Crippen LogP contribution in [0.4, 0.5) is 0 Å². The number of hydrogen-bond acceptors (Lipinski definition) is 5. The molecular formula is C21H23NO4. The molecule has 0 saturated heterocycles.